The summed E-state index contributed by atoms with van der Waals surface area (Å²) in [7, 11) is 0. The Bertz CT molecular complexity index is 847. The predicted octanol–water partition coefficient (Wildman–Crippen LogP) is 4.13. The first-order chi connectivity index (χ1) is 12.2. The highest BCUT2D eigenvalue weighted by molar-refractivity contribution is 7.13. The molecule has 25 heavy (non-hydrogen) atoms. The molecule has 3 aromatic rings. The molecule has 0 bridgehead atoms. The number of aromatic hydroxyl groups is 1. The molecule has 1 saturated heterocycles. The standard InChI is InChI=1S/C19H18N2O3S/c22-15-5-3-13(4-6-15)14-7-9-21(10-8-14)19(23)16-12-17(24-20-16)18-2-1-11-25-18/h1-6,11-12,14,22H,7-10H2. The van der Waals surface area contributed by atoms with Crippen LogP contribution in [0.3, 0.4) is 0 Å². The maximum Gasteiger partial charge on any atom is 0.276 e. The summed E-state index contributed by atoms with van der Waals surface area (Å²) in [4.78, 5) is 15.5. The zero-order valence-corrected chi connectivity index (χ0v) is 14.4. The molecule has 1 aromatic carbocycles. The molecule has 1 N–H and O–H groups in total. The second-order valence-corrected chi connectivity index (χ2v) is 7.16. The third-order valence-corrected chi connectivity index (χ3v) is 5.52. The fourth-order valence-electron chi connectivity index (χ4n) is 3.24. The number of aromatic nitrogens is 1. The average molecular weight is 354 g/mol. The van der Waals surface area contributed by atoms with Crippen molar-refractivity contribution >= 4 is 17.2 Å². The van der Waals surface area contributed by atoms with E-state index in [1.807, 2.05) is 34.5 Å². The molecule has 5 nitrogen and oxygen atoms in total. The summed E-state index contributed by atoms with van der Waals surface area (Å²) in [5, 5.41) is 15.3. The van der Waals surface area contributed by atoms with E-state index in [-0.39, 0.29) is 11.7 Å². The number of carbonyl (C=O) groups excluding carboxylic acids is 1. The molecule has 6 heteroatoms. The van der Waals surface area contributed by atoms with Crippen molar-refractivity contribution in [3.8, 4) is 16.4 Å². The second-order valence-electron chi connectivity index (χ2n) is 6.21. The van der Waals surface area contributed by atoms with Gasteiger partial charge in [-0.15, -0.1) is 11.3 Å². The van der Waals surface area contributed by atoms with Gasteiger partial charge in [-0.25, -0.2) is 0 Å². The minimum atomic E-state index is -0.0734. The zero-order valence-electron chi connectivity index (χ0n) is 13.6. The van der Waals surface area contributed by atoms with Crippen LogP contribution in [0.15, 0.2) is 52.4 Å². The molecule has 0 unspecified atom stereocenters. The van der Waals surface area contributed by atoms with Crippen LogP contribution in [0.4, 0.5) is 0 Å². The SMILES string of the molecule is O=C(c1cc(-c2cccs2)on1)N1CCC(c2ccc(O)cc2)CC1. The summed E-state index contributed by atoms with van der Waals surface area (Å²) in [5.41, 5.74) is 1.58. The highest BCUT2D eigenvalue weighted by atomic mass is 32.1. The van der Waals surface area contributed by atoms with E-state index in [4.69, 9.17) is 4.52 Å². The van der Waals surface area contributed by atoms with Gasteiger partial charge in [-0.05, 0) is 47.9 Å². The van der Waals surface area contributed by atoms with E-state index in [1.54, 1.807) is 29.5 Å². The third-order valence-electron chi connectivity index (χ3n) is 4.64. The lowest BCUT2D eigenvalue weighted by molar-refractivity contribution is 0.0702. The Balaban J connectivity index is 1.40. The van der Waals surface area contributed by atoms with E-state index < -0.39 is 0 Å². The van der Waals surface area contributed by atoms with Crippen molar-refractivity contribution in [3.63, 3.8) is 0 Å². The summed E-state index contributed by atoms with van der Waals surface area (Å²) < 4.78 is 5.31. The van der Waals surface area contributed by atoms with Gasteiger partial charge in [-0.3, -0.25) is 4.79 Å². The molecular formula is C19H18N2O3S. The van der Waals surface area contributed by atoms with Gasteiger partial charge in [0.15, 0.2) is 11.5 Å². The molecule has 1 aliphatic rings. The van der Waals surface area contributed by atoms with Crippen molar-refractivity contribution < 1.29 is 14.4 Å². The van der Waals surface area contributed by atoms with Gasteiger partial charge in [-0.2, -0.15) is 0 Å². The lowest BCUT2D eigenvalue weighted by Crippen LogP contribution is -2.38. The molecule has 1 amide bonds. The molecule has 0 aliphatic carbocycles. The minimum absolute atomic E-state index is 0.0734. The van der Waals surface area contributed by atoms with Gasteiger partial charge in [-0.1, -0.05) is 23.4 Å². The van der Waals surface area contributed by atoms with Crippen LogP contribution in [0.2, 0.25) is 0 Å². The highest BCUT2D eigenvalue weighted by Gasteiger charge is 2.26. The van der Waals surface area contributed by atoms with Crippen molar-refractivity contribution in [2.45, 2.75) is 18.8 Å². The number of nitrogens with zero attached hydrogens (tertiary/aromatic N) is 2. The summed E-state index contributed by atoms with van der Waals surface area (Å²) in [6, 6.07) is 13.0. The molecule has 0 spiro atoms. The van der Waals surface area contributed by atoms with E-state index in [0.29, 0.717) is 30.5 Å². The van der Waals surface area contributed by atoms with E-state index in [1.165, 1.54) is 5.56 Å². The first-order valence-corrected chi connectivity index (χ1v) is 9.17. The molecule has 128 valence electrons. The normalized spacial score (nSPS) is 15.4. The van der Waals surface area contributed by atoms with Crippen molar-refractivity contribution in [2.75, 3.05) is 13.1 Å². The van der Waals surface area contributed by atoms with Gasteiger partial charge in [0, 0.05) is 19.2 Å². The number of piperidine rings is 1. The summed E-state index contributed by atoms with van der Waals surface area (Å²) in [6.07, 6.45) is 1.82. The Morgan fingerprint density at radius 2 is 1.96 bits per heavy atom. The average Bonchev–Trinajstić information content (AvgIpc) is 3.33. The first-order valence-electron chi connectivity index (χ1n) is 8.29. The van der Waals surface area contributed by atoms with E-state index in [2.05, 4.69) is 5.16 Å². The van der Waals surface area contributed by atoms with E-state index in [0.717, 1.165) is 17.7 Å². The number of phenols is 1. The number of carbonyl (C=O) groups is 1. The first kappa shape index (κ1) is 15.9. The predicted molar refractivity (Wildman–Crippen MR) is 95.8 cm³/mol. The van der Waals surface area contributed by atoms with Crippen LogP contribution in [0.5, 0.6) is 5.75 Å². The quantitative estimate of drug-likeness (QED) is 0.768. The Morgan fingerprint density at radius 3 is 2.64 bits per heavy atom. The molecule has 1 aliphatic heterocycles. The van der Waals surface area contributed by atoms with Gasteiger partial charge in [0.05, 0.1) is 4.88 Å². The molecule has 2 aromatic heterocycles. The van der Waals surface area contributed by atoms with Crippen LogP contribution in [0.25, 0.3) is 10.6 Å². The van der Waals surface area contributed by atoms with E-state index in [9.17, 15) is 9.90 Å². The molecule has 0 saturated carbocycles. The Labute approximate surface area is 149 Å². The van der Waals surface area contributed by atoms with Crippen LogP contribution >= 0.6 is 11.3 Å². The number of rotatable bonds is 3. The van der Waals surface area contributed by atoms with Crippen LogP contribution in [0, 0.1) is 0 Å². The molecular weight excluding hydrogens is 336 g/mol. The monoisotopic (exact) mass is 354 g/mol. The van der Waals surface area contributed by atoms with Gasteiger partial charge < -0.3 is 14.5 Å². The third kappa shape index (κ3) is 3.30. The van der Waals surface area contributed by atoms with Crippen LogP contribution in [-0.2, 0) is 0 Å². The molecule has 4 rings (SSSR count). The highest BCUT2D eigenvalue weighted by Crippen LogP contribution is 2.30. The Kier molecular flexibility index (Phi) is 4.28. The van der Waals surface area contributed by atoms with Crippen molar-refractivity contribution in [2.24, 2.45) is 0 Å². The zero-order chi connectivity index (χ0) is 17.2. The van der Waals surface area contributed by atoms with E-state index >= 15 is 0 Å². The largest absolute Gasteiger partial charge is 0.508 e. The lowest BCUT2D eigenvalue weighted by atomic mass is 9.89. The minimum Gasteiger partial charge on any atom is -0.508 e. The summed E-state index contributed by atoms with van der Waals surface area (Å²) in [6.45, 7) is 1.40. The van der Waals surface area contributed by atoms with Crippen LogP contribution in [-0.4, -0.2) is 34.2 Å². The van der Waals surface area contributed by atoms with Crippen LogP contribution < -0.4 is 0 Å². The number of phenolic OH excluding ortho intramolecular Hbond substituents is 1. The van der Waals surface area contributed by atoms with Gasteiger partial charge >= 0.3 is 0 Å². The molecule has 0 atom stereocenters. The number of hydrogen-bond donors (Lipinski definition) is 1. The topological polar surface area (TPSA) is 66.6 Å². The lowest BCUT2D eigenvalue weighted by Gasteiger charge is -2.31. The summed E-state index contributed by atoms with van der Waals surface area (Å²) in [5.74, 6) is 1.26. The number of amides is 1. The number of thiophene rings is 1. The Morgan fingerprint density at radius 1 is 1.20 bits per heavy atom. The molecule has 3 heterocycles. The number of benzene rings is 1. The maximum atomic E-state index is 12.6. The fourth-order valence-corrected chi connectivity index (χ4v) is 3.91. The maximum absolute atomic E-state index is 12.6. The van der Waals surface area contributed by atoms with Gasteiger partial charge in [0.2, 0.25) is 0 Å². The Hall–Kier alpha value is -2.60. The smallest absolute Gasteiger partial charge is 0.276 e. The van der Waals surface area contributed by atoms with Gasteiger partial charge in [0.25, 0.3) is 5.91 Å². The molecule has 1 fully saturated rings. The van der Waals surface area contributed by atoms with Gasteiger partial charge in [0.1, 0.15) is 5.75 Å². The number of hydrogen-bond acceptors (Lipinski definition) is 5. The second kappa shape index (κ2) is 6.72. The fraction of sp³-hybridized carbons (Fsp3) is 0.263. The van der Waals surface area contributed by atoms with Crippen molar-refractivity contribution in [1.82, 2.24) is 10.1 Å². The van der Waals surface area contributed by atoms with Crippen LogP contribution in [0.1, 0.15) is 34.8 Å². The van der Waals surface area contributed by atoms with Crippen molar-refractivity contribution in [3.05, 3.63) is 59.1 Å². The molecule has 0 radical (unpaired) electrons. The summed E-state index contributed by atoms with van der Waals surface area (Å²) >= 11 is 1.56. The van der Waals surface area contributed by atoms with Crippen molar-refractivity contribution in [1.29, 1.82) is 0 Å². The number of likely N-dealkylation sites (tertiary alicyclic amines) is 1.